The van der Waals surface area contributed by atoms with Gasteiger partial charge in [0.2, 0.25) is 0 Å². The molecule has 0 heterocycles. The molecule has 11 heavy (non-hydrogen) atoms. The first-order valence-electron chi connectivity index (χ1n) is 3.55. The lowest BCUT2D eigenvalue weighted by Crippen LogP contribution is -2.00. The second-order valence-electron chi connectivity index (χ2n) is 1.69. The van der Waals surface area contributed by atoms with Crippen molar-refractivity contribution in [3.63, 3.8) is 0 Å². The predicted molar refractivity (Wildman–Crippen MR) is 53.2 cm³/mol. The van der Waals surface area contributed by atoms with E-state index in [0.29, 0.717) is 0 Å². The summed E-state index contributed by atoms with van der Waals surface area (Å²) >= 11 is 1.20. The van der Waals surface area contributed by atoms with Crippen molar-refractivity contribution in [2.45, 2.75) is 18.7 Å². The van der Waals surface area contributed by atoms with Gasteiger partial charge in [0.1, 0.15) is 7.85 Å². The fourth-order valence-corrected chi connectivity index (χ4v) is 0.949. The highest BCUT2D eigenvalue weighted by Gasteiger charge is 1.86. The minimum Gasteiger partial charge on any atom is -0.274 e. The van der Waals surface area contributed by atoms with Crippen molar-refractivity contribution in [3.8, 4) is 0 Å². The van der Waals surface area contributed by atoms with Gasteiger partial charge in [-0.2, -0.15) is 0 Å². The molecule has 1 rings (SSSR count). The molecule has 0 saturated heterocycles. The van der Waals surface area contributed by atoms with Crippen molar-refractivity contribution >= 4 is 25.3 Å². The number of hydrogen-bond acceptors (Lipinski definition) is 2. The molecule has 0 aliphatic heterocycles. The van der Waals surface area contributed by atoms with Crippen molar-refractivity contribution in [2.24, 2.45) is 5.14 Å². The molecule has 2 radical (unpaired) electrons. The standard InChI is InChI=1S/C6H6BNS.C2H6/c7-5-2-1-3-6(4-5)9-8;1-2/h1-4H,8H2;1-2H3. The van der Waals surface area contributed by atoms with Crippen molar-refractivity contribution < 1.29 is 0 Å². The predicted octanol–water partition coefficient (Wildman–Crippen LogP) is 1.47. The molecule has 0 atom stereocenters. The summed E-state index contributed by atoms with van der Waals surface area (Å²) in [6.45, 7) is 4.00. The molecule has 0 aromatic heterocycles. The van der Waals surface area contributed by atoms with E-state index in [1.54, 1.807) is 0 Å². The van der Waals surface area contributed by atoms with Crippen molar-refractivity contribution in [2.75, 3.05) is 0 Å². The quantitative estimate of drug-likeness (QED) is 0.503. The van der Waals surface area contributed by atoms with E-state index in [0.717, 1.165) is 10.4 Å². The minimum absolute atomic E-state index is 0.755. The van der Waals surface area contributed by atoms with Crippen molar-refractivity contribution in [3.05, 3.63) is 24.3 Å². The number of nitrogens with two attached hydrogens (primary N) is 1. The Kier molecular flexibility index (Phi) is 6.08. The SMILES string of the molecule is CC.[B]c1cccc(SN)c1. The van der Waals surface area contributed by atoms with Gasteiger partial charge in [0.05, 0.1) is 0 Å². The average Bonchev–Trinajstić information content (AvgIpc) is 2.08. The molecule has 0 amide bonds. The summed E-state index contributed by atoms with van der Waals surface area (Å²) in [6.07, 6.45) is 0. The van der Waals surface area contributed by atoms with Crippen LogP contribution in [0.3, 0.4) is 0 Å². The highest BCUT2D eigenvalue weighted by Crippen LogP contribution is 2.06. The maximum atomic E-state index is 5.47. The zero-order valence-electron chi connectivity index (χ0n) is 6.87. The molecule has 1 nitrogen and oxygen atoms in total. The third-order valence-corrected chi connectivity index (χ3v) is 1.52. The molecular weight excluding hydrogens is 153 g/mol. The van der Waals surface area contributed by atoms with Crippen LogP contribution >= 0.6 is 11.9 Å². The summed E-state index contributed by atoms with van der Waals surface area (Å²) in [5.41, 5.74) is 0.755. The molecule has 0 aliphatic rings. The summed E-state index contributed by atoms with van der Waals surface area (Å²) in [5.74, 6) is 0. The zero-order chi connectivity index (χ0) is 8.69. The number of rotatable bonds is 1. The molecule has 58 valence electrons. The third-order valence-electron chi connectivity index (χ3n) is 0.994. The normalized spacial score (nSPS) is 8.27. The van der Waals surface area contributed by atoms with Crippen LogP contribution in [-0.2, 0) is 0 Å². The molecular formula is C8H12BNS. The van der Waals surface area contributed by atoms with Gasteiger partial charge < -0.3 is 0 Å². The van der Waals surface area contributed by atoms with Crippen LogP contribution < -0.4 is 10.6 Å². The highest BCUT2D eigenvalue weighted by molar-refractivity contribution is 7.97. The Morgan fingerprint density at radius 2 is 2.00 bits per heavy atom. The summed E-state index contributed by atoms with van der Waals surface area (Å²) in [5, 5.41) is 5.28. The zero-order valence-corrected chi connectivity index (χ0v) is 7.69. The molecule has 0 fully saturated rings. The first-order chi connectivity index (χ1) is 5.33. The van der Waals surface area contributed by atoms with Crippen LogP contribution in [0.25, 0.3) is 0 Å². The lowest BCUT2D eigenvalue weighted by atomic mass is 9.97. The van der Waals surface area contributed by atoms with Crippen LogP contribution in [-0.4, -0.2) is 7.85 Å². The smallest absolute Gasteiger partial charge is 0.113 e. The molecule has 1 aromatic carbocycles. The Hall–Kier alpha value is -0.405. The van der Waals surface area contributed by atoms with Crippen molar-refractivity contribution in [1.29, 1.82) is 0 Å². The molecule has 0 unspecified atom stereocenters. The van der Waals surface area contributed by atoms with Gasteiger partial charge in [0.25, 0.3) is 0 Å². The Labute approximate surface area is 73.9 Å². The fourth-order valence-electron chi connectivity index (χ4n) is 0.588. The van der Waals surface area contributed by atoms with Crippen LogP contribution in [0.5, 0.6) is 0 Å². The lowest BCUT2D eigenvalue weighted by Gasteiger charge is -1.94. The fraction of sp³-hybridized carbons (Fsp3) is 0.250. The van der Waals surface area contributed by atoms with Gasteiger partial charge in [0, 0.05) is 4.90 Å². The van der Waals surface area contributed by atoms with Crippen LogP contribution in [0.15, 0.2) is 29.2 Å². The van der Waals surface area contributed by atoms with Crippen LogP contribution in [0.2, 0.25) is 0 Å². The minimum atomic E-state index is 0.755. The Balaban J connectivity index is 0.000000461. The van der Waals surface area contributed by atoms with Crippen LogP contribution in [0, 0.1) is 0 Å². The van der Waals surface area contributed by atoms with Crippen molar-refractivity contribution in [1.82, 2.24) is 0 Å². The van der Waals surface area contributed by atoms with Gasteiger partial charge in [-0.15, -0.1) is 0 Å². The van der Waals surface area contributed by atoms with E-state index in [4.69, 9.17) is 13.0 Å². The molecule has 0 aliphatic carbocycles. The molecule has 1 aromatic rings. The van der Waals surface area contributed by atoms with Gasteiger partial charge >= 0.3 is 0 Å². The third kappa shape index (κ3) is 4.12. The summed E-state index contributed by atoms with van der Waals surface area (Å²) in [4.78, 5) is 0.995. The maximum absolute atomic E-state index is 5.47. The van der Waals surface area contributed by atoms with Gasteiger partial charge in [-0.25, -0.2) is 0 Å². The van der Waals surface area contributed by atoms with Crippen LogP contribution in [0.4, 0.5) is 0 Å². The monoisotopic (exact) mass is 165 g/mol. The molecule has 2 N–H and O–H groups in total. The lowest BCUT2D eigenvalue weighted by molar-refractivity contribution is 1.49. The second-order valence-corrected chi connectivity index (χ2v) is 2.40. The van der Waals surface area contributed by atoms with Gasteiger partial charge in [-0.1, -0.05) is 37.5 Å². The van der Waals surface area contributed by atoms with E-state index in [1.807, 2.05) is 38.1 Å². The van der Waals surface area contributed by atoms with E-state index < -0.39 is 0 Å². The van der Waals surface area contributed by atoms with E-state index in [-0.39, 0.29) is 0 Å². The Morgan fingerprint density at radius 3 is 2.36 bits per heavy atom. The van der Waals surface area contributed by atoms with E-state index in [2.05, 4.69) is 0 Å². The molecule has 0 saturated carbocycles. The van der Waals surface area contributed by atoms with E-state index in [1.165, 1.54) is 11.9 Å². The highest BCUT2D eigenvalue weighted by atomic mass is 32.2. The molecule has 0 spiro atoms. The van der Waals surface area contributed by atoms with E-state index >= 15 is 0 Å². The Bertz CT molecular complexity index is 203. The number of benzene rings is 1. The summed E-state index contributed by atoms with van der Waals surface area (Å²) in [6, 6.07) is 7.47. The topological polar surface area (TPSA) is 26.0 Å². The van der Waals surface area contributed by atoms with Gasteiger partial charge in [-0.05, 0) is 18.0 Å². The largest absolute Gasteiger partial charge is 0.274 e. The average molecular weight is 165 g/mol. The molecule has 3 heteroatoms. The second kappa shape index (κ2) is 6.31. The first kappa shape index (κ1) is 10.6. The van der Waals surface area contributed by atoms with Gasteiger partial charge in [0.15, 0.2) is 0 Å². The van der Waals surface area contributed by atoms with Gasteiger partial charge in [-0.3, -0.25) is 5.14 Å². The Morgan fingerprint density at radius 1 is 1.36 bits per heavy atom. The summed E-state index contributed by atoms with van der Waals surface area (Å²) in [7, 11) is 5.47. The molecule has 0 bridgehead atoms. The first-order valence-corrected chi connectivity index (χ1v) is 4.43. The van der Waals surface area contributed by atoms with Crippen LogP contribution in [0.1, 0.15) is 13.8 Å². The summed E-state index contributed by atoms with van der Waals surface area (Å²) < 4.78 is 0. The van der Waals surface area contributed by atoms with E-state index in [9.17, 15) is 0 Å². The number of hydrogen-bond donors (Lipinski definition) is 1. The maximum Gasteiger partial charge on any atom is 0.113 e.